The molecule has 1 heterocycles. The Kier molecular flexibility index (Phi) is 4.20. The van der Waals surface area contributed by atoms with E-state index in [1.165, 1.54) is 23.5 Å². The fourth-order valence-corrected chi connectivity index (χ4v) is 4.47. The first-order chi connectivity index (χ1) is 8.79. The molecule has 2 aromatic rings. The lowest BCUT2D eigenvalue weighted by molar-refractivity contribution is 0.601. The molecule has 1 N–H and O–H groups in total. The third kappa shape index (κ3) is 3.28. The van der Waals surface area contributed by atoms with Crippen molar-refractivity contribution >= 4 is 54.0 Å². The van der Waals surface area contributed by atoms with Crippen molar-refractivity contribution < 1.29 is 8.42 Å². The van der Waals surface area contributed by atoms with Gasteiger partial charge in [-0.1, -0.05) is 27.5 Å². The Balaban J connectivity index is 2.37. The van der Waals surface area contributed by atoms with E-state index in [1.807, 2.05) is 13.8 Å². The van der Waals surface area contributed by atoms with E-state index < -0.39 is 10.0 Å². The minimum Gasteiger partial charge on any atom is -0.255 e. The van der Waals surface area contributed by atoms with Crippen LogP contribution in [0.5, 0.6) is 0 Å². The average Bonchev–Trinajstić information content (AvgIpc) is 2.56. The van der Waals surface area contributed by atoms with Crippen LogP contribution in [0.25, 0.3) is 0 Å². The van der Waals surface area contributed by atoms with Gasteiger partial charge in [0.25, 0.3) is 10.0 Å². The second-order valence-corrected chi connectivity index (χ2v) is 8.02. The summed E-state index contributed by atoms with van der Waals surface area (Å²) in [6.07, 6.45) is 0. The van der Waals surface area contributed by atoms with Crippen LogP contribution in [0.4, 0.5) is 5.13 Å². The SMILES string of the molecule is Cc1nc(NS(=O)(=O)c2ccc(Br)cc2Cl)sc1C. The third-order valence-corrected chi connectivity index (χ3v) is 5.87. The van der Waals surface area contributed by atoms with Crippen molar-refractivity contribution in [1.82, 2.24) is 4.98 Å². The molecule has 0 bridgehead atoms. The maximum Gasteiger partial charge on any atom is 0.265 e. The summed E-state index contributed by atoms with van der Waals surface area (Å²) in [7, 11) is -3.72. The molecule has 0 radical (unpaired) electrons. The molecule has 0 spiro atoms. The molecule has 1 aromatic heterocycles. The van der Waals surface area contributed by atoms with E-state index in [9.17, 15) is 8.42 Å². The number of nitrogens with zero attached hydrogens (tertiary/aromatic N) is 1. The summed E-state index contributed by atoms with van der Waals surface area (Å²) in [5.74, 6) is 0. The standard InChI is InChI=1S/C11H10BrClN2O2S2/c1-6-7(2)18-11(14-6)15-19(16,17)10-4-3-8(12)5-9(10)13/h3-5H,1-2H3,(H,14,15). The van der Waals surface area contributed by atoms with E-state index >= 15 is 0 Å². The predicted molar refractivity (Wildman–Crippen MR) is 81.5 cm³/mol. The zero-order chi connectivity index (χ0) is 14.2. The summed E-state index contributed by atoms with van der Waals surface area (Å²) in [6.45, 7) is 3.72. The molecule has 0 aliphatic heterocycles. The van der Waals surface area contributed by atoms with Gasteiger partial charge in [0.15, 0.2) is 5.13 Å². The number of aryl methyl sites for hydroxylation is 2. The number of thiazole rings is 1. The molecule has 8 heteroatoms. The minimum atomic E-state index is -3.72. The van der Waals surface area contributed by atoms with Crippen LogP contribution in [0.1, 0.15) is 10.6 Å². The van der Waals surface area contributed by atoms with E-state index in [1.54, 1.807) is 6.07 Å². The number of sulfonamides is 1. The van der Waals surface area contributed by atoms with Gasteiger partial charge in [0, 0.05) is 9.35 Å². The maximum absolute atomic E-state index is 12.2. The van der Waals surface area contributed by atoms with Gasteiger partial charge >= 0.3 is 0 Å². The van der Waals surface area contributed by atoms with Crippen molar-refractivity contribution in [2.45, 2.75) is 18.7 Å². The van der Waals surface area contributed by atoms with Gasteiger partial charge in [0.05, 0.1) is 10.7 Å². The molecule has 4 nitrogen and oxygen atoms in total. The highest BCUT2D eigenvalue weighted by Crippen LogP contribution is 2.28. The Hall–Kier alpha value is -0.630. The molecule has 0 saturated heterocycles. The molecule has 1 aromatic carbocycles. The van der Waals surface area contributed by atoms with Gasteiger partial charge in [-0.2, -0.15) is 0 Å². The average molecular weight is 382 g/mol. The van der Waals surface area contributed by atoms with E-state index in [0.29, 0.717) is 5.13 Å². The largest absolute Gasteiger partial charge is 0.265 e. The van der Waals surface area contributed by atoms with Crippen LogP contribution >= 0.6 is 38.9 Å². The first-order valence-corrected chi connectivity index (χ1v) is 8.68. The van der Waals surface area contributed by atoms with Crippen LogP contribution in [0.3, 0.4) is 0 Å². The number of rotatable bonds is 3. The van der Waals surface area contributed by atoms with Crippen molar-refractivity contribution in [2.75, 3.05) is 4.72 Å². The fraction of sp³-hybridized carbons (Fsp3) is 0.182. The zero-order valence-corrected chi connectivity index (χ0v) is 14.0. The van der Waals surface area contributed by atoms with Gasteiger partial charge < -0.3 is 0 Å². The topological polar surface area (TPSA) is 59.1 Å². The van der Waals surface area contributed by atoms with E-state index in [4.69, 9.17) is 11.6 Å². The highest BCUT2D eigenvalue weighted by atomic mass is 79.9. The number of hydrogen-bond donors (Lipinski definition) is 1. The van der Waals surface area contributed by atoms with Gasteiger partial charge in [-0.25, -0.2) is 13.4 Å². The van der Waals surface area contributed by atoms with E-state index in [0.717, 1.165) is 15.0 Å². The molecule has 0 unspecified atom stereocenters. The zero-order valence-electron chi connectivity index (χ0n) is 10.1. The Bertz CT molecular complexity index is 709. The lowest BCUT2D eigenvalue weighted by Gasteiger charge is -2.07. The number of halogens is 2. The summed E-state index contributed by atoms with van der Waals surface area (Å²) in [5, 5.41) is 0.501. The molecule has 0 atom stereocenters. The monoisotopic (exact) mass is 380 g/mol. The number of nitrogens with one attached hydrogen (secondary N) is 1. The second-order valence-electron chi connectivity index (χ2n) is 3.84. The molecule has 0 aliphatic rings. The Morgan fingerprint density at radius 2 is 2.05 bits per heavy atom. The van der Waals surface area contributed by atoms with Crippen molar-refractivity contribution in [3.05, 3.63) is 38.3 Å². The molecule has 0 saturated carbocycles. The van der Waals surface area contributed by atoms with Gasteiger partial charge in [-0.3, -0.25) is 4.72 Å². The normalized spacial score (nSPS) is 11.6. The van der Waals surface area contributed by atoms with Gasteiger partial charge in [0.1, 0.15) is 4.90 Å². The highest BCUT2D eigenvalue weighted by molar-refractivity contribution is 9.10. The molecule has 2 rings (SSSR count). The molecule has 0 aliphatic carbocycles. The third-order valence-electron chi connectivity index (χ3n) is 2.43. The minimum absolute atomic E-state index is 0.0304. The van der Waals surface area contributed by atoms with Crippen LogP contribution < -0.4 is 4.72 Å². The predicted octanol–water partition coefficient (Wildman–Crippen LogP) is 3.98. The number of anilines is 1. The van der Waals surface area contributed by atoms with Crippen LogP contribution in [0.2, 0.25) is 5.02 Å². The fourth-order valence-electron chi connectivity index (χ4n) is 1.38. The van der Waals surface area contributed by atoms with E-state index in [-0.39, 0.29) is 9.92 Å². The van der Waals surface area contributed by atoms with Crippen molar-refractivity contribution in [3.63, 3.8) is 0 Å². The molecule has 102 valence electrons. The van der Waals surface area contributed by atoms with Crippen LogP contribution in [-0.4, -0.2) is 13.4 Å². The summed E-state index contributed by atoms with van der Waals surface area (Å²) in [4.78, 5) is 5.15. The molecule has 19 heavy (non-hydrogen) atoms. The van der Waals surface area contributed by atoms with Crippen molar-refractivity contribution in [3.8, 4) is 0 Å². The Morgan fingerprint density at radius 1 is 1.37 bits per heavy atom. The van der Waals surface area contributed by atoms with E-state index in [2.05, 4.69) is 25.6 Å². The van der Waals surface area contributed by atoms with Gasteiger partial charge in [-0.15, -0.1) is 11.3 Å². The summed E-state index contributed by atoms with van der Waals surface area (Å²) < 4.78 is 27.6. The van der Waals surface area contributed by atoms with Crippen molar-refractivity contribution in [2.24, 2.45) is 0 Å². The van der Waals surface area contributed by atoms with Gasteiger partial charge in [0.2, 0.25) is 0 Å². The highest BCUT2D eigenvalue weighted by Gasteiger charge is 2.20. The Morgan fingerprint density at radius 3 is 2.58 bits per heavy atom. The Labute approximate surface area is 129 Å². The lowest BCUT2D eigenvalue weighted by atomic mass is 10.4. The molecular formula is C11H10BrClN2O2S2. The first-order valence-electron chi connectivity index (χ1n) is 5.21. The molecular weight excluding hydrogens is 372 g/mol. The van der Waals surface area contributed by atoms with Crippen LogP contribution in [-0.2, 0) is 10.0 Å². The van der Waals surface area contributed by atoms with Crippen LogP contribution in [0, 0.1) is 13.8 Å². The number of aromatic nitrogens is 1. The smallest absolute Gasteiger partial charge is 0.255 e. The maximum atomic E-state index is 12.2. The quantitative estimate of drug-likeness (QED) is 0.875. The van der Waals surface area contributed by atoms with Crippen LogP contribution in [0.15, 0.2) is 27.6 Å². The molecule has 0 amide bonds. The summed E-state index contributed by atoms with van der Waals surface area (Å²) in [6, 6.07) is 4.61. The van der Waals surface area contributed by atoms with Gasteiger partial charge in [-0.05, 0) is 32.0 Å². The van der Waals surface area contributed by atoms with Crippen molar-refractivity contribution in [1.29, 1.82) is 0 Å². The number of hydrogen-bond acceptors (Lipinski definition) is 4. The first kappa shape index (κ1) is 14.8. The molecule has 0 fully saturated rings. The second kappa shape index (κ2) is 5.40. The summed E-state index contributed by atoms with van der Waals surface area (Å²) >= 11 is 10.5. The lowest BCUT2D eigenvalue weighted by Crippen LogP contribution is -2.13. The number of benzene rings is 1. The summed E-state index contributed by atoms with van der Waals surface area (Å²) in [5.41, 5.74) is 0.810.